The molecule has 0 fully saturated rings. The van der Waals surface area contributed by atoms with E-state index in [2.05, 4.69) is 23.9 Å². The Morgan fingerprint density at radius 2 is 2.13 bits per heavy atom. The topological polar surface area (TPSA) is 77.0 Å². The van der Waals surface area contributed by atoms with Gasteiger partial charge in [-0.1, -0.05) is 13.8 Å². The van der Waals surface area contributed by atoms with Gasteiger partial charge in [-0.25, -0.2) is 4.98 Å². The molecule has 0 aliphatic heterocycles. The minimum atomic E-state index is -0.228. The molecule has 0 radical (unpaired) electrons. The van der Waals surface area contributed by atoms with Crippen LogP contribution in [0.5, 0.6) is 0 Å². The predicted molar refractivity (Wildman–Crippen MR) is 58.2 cm³/mol. The van der Waals surface area contributed by atoms with Crippen LogP contribution in [-0.4, -0.2) is 26.5 Å². The molecule has 15 heavy (non-hydrogen) atoms. The second kappa shape index (κ2) is 5.23. The van der Waals surface area contributed by atoms with Gasteiger partial charge in [-0.3, -0.25) is 4.68 Å². The molecule has 0 saturated carbocycles. The average Bonchev–Trinajstić information content (AvgIpc) is 2.46. The van der Waals surface area contributed by atoms with Crippen molar-refractivity contribution in [3.63, 3.8) is 0 Å². The lowest BCUT2D eigenvalue weighted by Gasteiger charge is -2.07. The van der Waals surface area contributed by atoms with E-state index in [0.717, 1.165) is 18.1 Å². The van der Waals surface area contributed by atoms with E-state index in [9.17, 15) is 0 Å². The highest BCUT2D eigenvalue weighted by Crippen LogP contribution is 2.12. The molecular weight excluding hydrogens is 192 g/mol. The van der Waals surface area contributed by atoms with E-state index in [-0.39, 0.29) is 12.6 Å². The first kappa shape index (κ1) is 12.1. The van der Waals surface area contributed by atoms with Crippen LogP contribution in [0.2, 0.25) is 0 Å². The van der Waals surface area contributed by atoms with Gasteiger partial charge >= 0.3 is 0 Å². The smallest absolute Gasteiger partial charge is 0.151 e. The fraction of sp³-hybridized carbons (Fsp3) is 0.800. The van der Waals surface area contributed by atoms with E-state index < -0.39 is 0 Å². The van der Waals surface area contributed by atoms with Gasteiger partial charge in [-0.05, 0) is 12.3 Å². The molecule has 0 aliphatic rings. The zero-order valence-electron chi connectivity index (χ0n) is 9.64. The summed E-state index contributed by atoms with van der Waals surface area (Å²) in [6.07, 6.45) is 1.38. The Balaban J connectivity index is 2.76. The van der Waals surface area contributed by atoms with Crippen molar-refractivity contribution in [1.29, 1.82) is 0 Å². The SMILES string of the molecule is CC(C)Cc1nc(C(N)CCO)n(C)n1. The Morgan fingerprint density at radius 3 is 2.67 bits per heavy atom. The van der Waals surface area contributed by atoms with Crippen molar-refractivity contribution in [3.8, 4) is 0 Å². The van der Waals surface area contributed by atoms with Gasteiger partial charge in [-0.2, -0.15) is 5.10 Å². The third-order valence-corrected chi connectivity index (χ3v) is 2.20. The summed E-state index contributed by atoms with van der Waals surface area (Å²) < 4.78 is 1.71. The molecule has 0 saturated heterocycles. The standard InChI is InChI=1S/C10H20N4O/c1-7(2)6-9-12-10(14(3)13-9)8(11)4-5-15/h7-8,15H,4-6,11H2,1-3H3. The lowest BCUT2D eigenvalue weighted by molar-refractivity contribution is 0.273. The molecule has 0 bridgehead atoms. The highest BCUT2D eigenvalue weighted by Gasteiger charge is 2.14. The monoisotopic (exact) mass is 212 g/mol. The van der Waals surface area contributed by atoms with Crippen molar-refractivity contribution < 1.29 is 5.11 Å². The van der Waals surface area contributed by atoms with Crippen LogP contribution in [0, 0.1) is 5.92 Å². The number of hydrogen-bond donors (Lipinski definition) is 2. The largest absolute Gasteiger partial charge is 0.396 e. The van der Waals surface area contributed by atoms with E-state index in [1.54, 1.807) is 4.68 Å². The number of rotatable bonds is 5. The van der Waals surface area contributed by atoms with Crippen LogP contribution >= 0.6 is 0 Å². The number of aryl methyl sites for hydroxylation is 1. The van der Waals surface area contributed by atoms with Gasteiger partial charge < -0.3 is 10.8 Å². The summed E-state index contributed by atoms with van der Waals surface area (Å²) in [5, 5.41) is 13.1. The van der Waals surface area contributed by atoms with Gasteiger partial charge in [0.25, 0.3) is 0 Å². The summed E-state index contributed by atoms with van der Waals surface area (Å²) in [5.41, 5.74) is 5.87. The fourth-order valence-corrected chi connectivity index (χ4v) is 1.49. The van der Waals surface area contributed by atoms with Crippen LogP contribution < -0.4 is 5.73 Å². The summed E-state index contributed by atoms with van der Waals surface area (Å²) in [6, 6.07) is -0.228. The molecular formula is C10H20N4O. The van der Waals surface area contributed by atoms with E-state index in [1.165, 1.54) is 0 Å². The maximum Gasteiger partial charge on any atom is 0.151 e. The Kier molecular flexibility index (Phi) is 4.23. The van der Waals surface area contributed by atoms with Gasteiger partial charge in [0.2, 0.25) is 0 Å². The fourth-order valence-electron chi connectivity index (χ4n) is 1.49. The third kappa shape index (κ3) is 3.28. The number of aliphatic hydroxyl groups is 1. The molecule has 1 aromatic rings. The summed E-state index contributed by atoms with van der Waals surface area (Å²) >= 11 is 0. The quantitative estimate of drug-likeness (QED) is 0.740. The Hall–Kier alpha value is -0.940. The van der Waals surface area contributed by atoms with E-state index in [4.69, 9.17) is 10.8 Å². The second-order valence-electron chi connectivity index (χ2n) is 4.23. The molecule has 86 valence electrons. The van der Waals surface area contributed by atoms with Crippen LogP contribution in [0.1, 0.15) is 38.0 Å². The molecule has 0 aromatic carbocycles. The first-order chi connectivity index (χ1) is 7.04. The van der Waals surface area contributed by atoms with Crippen molar-refractivity contribution in [2.75, 3.05) is 6.61 Å². The number of nitrogens with two attached hydrogens (primary N) is 1. The van der Waals surface area contributed by atoms with Crippen LogP contribution in [0.3, 0.4) is 0 Å². The molecule has 0 aliphatic carbocycles. The molecule has 1 heterocycles. The normalized spacial score (nSPS) is 13.5. The number of aliphatic hydroxyl groups excluding tert-OH is 1. The molecule has 5 nitrogen and oxygen atoms in total. The molecule has 0 spiro atoms. The average molecular weight is 212 g/mol. The van der Waals surface area contributed by atoms with Crippen molar-refractivity contribution in [3.05, 3.63) is 11.6 Å². The summed E-state index contributed by atoms with van der Waals surface area (Å²) in [7, 11) is 1.84. The number of hydrogen-bond acceptors (Lipinski definition) is 4. The Morgan fingerprint density at radius 1 is 1.47 bits per heavy atom. The summed E-state index contributed by atoms with van der Waals surface area (Å²) in [6.45, 7) is 4.33. The third-order valence-electron chi connectivity index (χ3n) is 2.20. The summed E-state index contributed by atoms with van der Waals surface area (Å²) in [5.74, 6) is 2.12. The minimum absolute atomic E-state index is 0.0769. The molecule has 0 amide bonds. The van der Waals surface area contributed by atoms with E-state index in [1.807, 2.05) is 7.05 Å². The van der Waals surface area contributed by atoms with Crippen LogP contribution in [0.15, 0.2) is 0 Å². The molecule has 1 aromatic heterocycles. The van der Waals surface area contributed by atoms with Crippen LogP contribution in [-0.2, 0) is 13.5 Å². The zero-order chi connectivity index (χ0) is 11.4. The minimum Gasteiger partial charge on any atom is -0.396 e. The van der Waals surface area contributed by atoms with Crippen molar-refractivity contribution in [1.82, 2.24) is 14.8 Å². The molecule has 1 rings (SSSR count). The van der Waals surface area contributed by atoms with E-state index in [0.29, 0.717) is 12.3 Å². The molecule has 3 N–H and O–H groups in total. The van der Waals surface area contributed by atoms with Gasteiger partial charge in [0.05, 0.1) is 6.04 Å². The first-order valence-corrected chi connectivity index (χ1v) is 5.30. The zero-order valence-corrected chi connectivity index (χ0v) is 9.64. The second-order valence-corrected chi connectivity index (χ2v) is 4.23. The van der Waals surface area contributed by atoms with Gasteiger partial charge in [0.15, 0.2) is 5.82 Å². The van der Waals surface area contributed by atoms with Crippen molar-refractivity contribution in [2.24, 2.45) is 18.7 Å². The predicted octanol–water partition coefficient (Wildman–Crippen LogP) is 0.396. The number of nitrogens with zero attached hydrogens (tertiary/aromatic N) is 3. The Bertz CT molecular complexity index is 308. The van der Waals surface area contributed by atoms with Gasteiger partial charge in [0, 0.05) is 20.1 Å². The molecule has 1 unspecified atom stereocenters. The van der Waals surface area contributed by atoms with Gasteiger partial charge in [0.1, 0.15) is 5.82 Å². The first-order valence-electron chi connectivity index (χ1n) is 5.30. The Labute approximate surface area is 90.3 Å². The maximum absolute atomic E-state index is 8.80. The number of aromatic nitrogens is 3. The lowest BCUT2D eigenvalue weighted by atomic mass is 10.1. The molecule has 5 heteroatoms. The van der Waals surface area contributed by atoms with Crippen molar-refractivity contribution in [2.45, 2.75) is 32.7 Å². The lowest BCUT2D eigenvalue weighted by Crippen LogP contribution is -2.17. The highest BCUT2D eigenvalue weighted by molar-refractivity contribution is 4.98. The van der Waals surface area contributed by atoms with Crippen molar-refractivity contribution >= 4 is 0 Å². The molecule has 1 atom stereocenters. The highest BCUT2D eigenvalue weighted by atomic mass is 16.3. The van der Waals surface area contributed by atoms with Crippen LogP contribution in [0.4, 0.5) is 0 Å². The summed E-state index contributed by atoms with van der Waals surface area (Å²) in [4.78, 5) is 4.38. The maximum atomic E-state index is 8.80. The van der Waals surface area contributed by atoms with Gasteiger partial charge in [-0.15, -0.1) is 0 Å². The van der Waals surface area contributed by atoms with Crippen LogP contribution in [0.25, 0.3) is 0 Å². The van der Waals surface area contributed by atoms with E-state index >= 15 is 0 Å².